The zero-order chi connectivity index (χ0) is 11.6. The van der Waals surface area contributed by atoms with Crippen LogP contribution in [0.15, 0.2) is 30.3 Å². The van der Waals surface area contributed by atoms with Crippen molar-refractivity contribution in [2.75, 3.05) is 19.8 Å². The maximum Gasteiger partial charge on any atom is 0.137 e. The zero-order valence-electron chi connectivity index (χ0n) is 9.89. The lowest BCUT2D eigenvalue weighted by atomic mass is 10.0. The van der Waals surface area contributed by atoms with Gasteiger partial charge >= 0.3 is 0 Å². The number of ether oxygens (including phenoxy) is 1. The Morgan fingerprint density at radius 3 is 2.69 bits per heavy atom. The SMILES string of the molecule is CC1(C)COC(c2ccccc2)N1CCO. The summed E-state index contributed by atoms with van der Waals surface area (Å²) in [5.41, 5.74) is 1.14. The highest BCUT2D eigenvalue weighted by Gasteiger charge is 2.40. The molecule has 1 unspecified atom stereocenters. The molecule has 1 atom stereocenters. The fourth-order valence-electron chi connectivity index (χ4n) is 2.19. The molecule has 0 aliphatic carbocycles. The molecule has 0 amide bonds. The molecular formula is C13H19NO2. The van der Waals surface area contributed by atoms with Crippen LogP contribution in [0.3, 0.4) is 0 Å². The Balaban J connectivity index is 2.22. The number of benzene rings is 1. The first kappa shape index (κ1) is 11.6. The van der Waals surface area contributed by atoms with E-state index in [0.29, 0.717) is 13.2 Å². The van der Waals surface area contributed by atoms with Gasteiger partial charge in [-0.3, -0.25) is 4.90 Å². The van der Waals surface area contributed by atoms with E-state index in [1.165, 1.54) is 0 Å². The molecule has 0 spiro atoms. The van der Waals surface area contributed by atoms with Crippen molar-refractivity contribution in [1.82, 2.24) is 4.90 Å². The number of hydrogen-bond donors (Lipinski definition) is 1. The number of hydrogen-bond acceptors (Lipinski definition) is 3. The lowest BCUT2D eigenvalue weighted by Crippen LogP contribution is -2.42. The number of nitrogens with zero attached hydrogens (tertiary/aromatic N) is 1. The van der Waals surface area contributed by atoms with Crippen molar-refractivity contribution < 1.29 is 9.84 Å². The van der Waals surface area contributed by atoms with Crippen LogP contribution in [0.2, 0.25) is 0 Å². The average Bonchev–Trinajstić information content (AvgIpc) is 2.57. The van der Waals surface area contributed by atoms with Gasteiger partial charge < -0.3 is 9.84 Å². The molecule has 1 heterocycles. The molecule has 3 heteroatoms. The van der Waals surface area contributed by atoms with Gasteiger partial charge in [-0.1, -0.05) is 30.3 Å². The first-order valence-electron chi connectivity index (χ1n) is 5.69. The van der Waals surface area contributed by atoms with Crippen molar-refractivity contribution in [3.8, 4) is 0 Å². The van der Waals surface area contributed by atoms with Gasteiger partial charge in [0.05, 0.1) is 13.2 Å². The Hall–Kier alpha value is -0.900. The van der Waals surface area contributed by atoms with Gasteiger partial charge in [-0.15, -0.1) is 0 Å². The number of aliphatic hydroxyl groups excluding tert-OH is 1. The molecule has 1 aromatic carbocycles. The Morgan fingerprint density at radius 1 is 1.38 bits per heavy atom. The minimum atomic E-state index is -0.0247. The number of rotatable bonds is 3. The Labute approximate surface area is 96.6 Å². The van der Waals surface area contributed by atoms with Gasteiger partial charge in [0, 0.05) is 12.1 Å². The van der Waals surface area contributed by atoms with E-state index in [2.05, 4.69) is 30.9 Å². The van der Waals surface area contributed by atoms with Gasteiger partial charge in [-0.05, 0) is 19.4 Å². The molecule has 0 radical (unpaired) electrons. The van der Waals surface area contributed by atoms with Crippen LogP contribution >= 0.6 is 0 Å². The van der Waals surface area contributed by atoms with E-state index in [1.54, 1.807) is 0 Å². The second-order valence-electron chi connectivity index (χ2n) is 4.80. The molecule has 1 aliphatic rings. The highest BCUT2D eigenvalue weighted by atomic mass is 16.5. The van der Waals surface area contributed by atoms with E-state index in [9.17, 15) is 0 Å². The van der Waals surface area contributed by atoms with Gasteiger partial charge in [0.15, 0.2) is 0 Å². The molecule has 16 heavy (non-hydrogen) atoms. The van der Waals surface area contributed by atoms with Crippen LogP contribution in [0, 0.1) is 0 Å². The molecule has 1 fully saturated rings. The summed E-state index contributed by atoms with van der Waals surface area (Å²) in [6.07, 6.45) is -0.0247. The van der Waals surface area contributed by atoms with Gasteiger partial charge in [-0.25, -0.2) is 0 Å². The third-order valence-corrected chi connectivity index (χ3v) is 3.08. The summed E-state index contributed by atoms with van der Waals surface area (Å²) >= 11 is 0. The van der Waals surface area contributed by atoms with Crippen LogP contribution in [0.5, 0.6) is 0 Å². The summed E-state index contributed by atoms with van der Waals surface area (Å²) in [4.78, 5) is 2.21. The van der Waals surface area contributed by atoms with Gasteiger partial charge in [0.25, 0.3) is 0 Å². The zero-order valence-corrected chi connectivity index (χ0v) is 9.89. The summed E-state index contributed by atoms with van der Waals surface area (Å²) in [7, 11) is 0. The van der Waals surface area contributed by atoms with Gasteiger partial charge in [-0.2, -0.15) is 0 Å². The highest BCUT2D eigenvalue weighted by Crippen LogP contribution is 2.36. The van der Waals surface area contributed by atoms with Crippen molar-refractivity contribution in [3.63, 3.8) is 0 Å². The van der Waals surface area contributed by atoms with E-state index in [0.717, 1.165) is 5.56 Å². The van der Waals surface area contributed by atoms with Crippen LogP contribution in [-0.4, -0.2) is 35.3 Å². The number of β-amino-alcohol motifs (C(OH)–C–C–N with tert-alkyl or cyclic N) is 1. The number of aliphatic hydroxyl groups is 1. The van der Waals surface area contributed by atoms with Gasteiger partial charge in [0.1, 0.15) is 6.23 Å². The predicted molar refractivity (Wildman–Crippen MR) is 63.0 cm³/mol. The standard InChI is InChI=1S/C13H19NO2/c1-13(2)10-16-12(14(13)8-9-15)11-6-4-3-5-7-11/h3-7,12,15H,8-10H2,1-2H3. The Kier molecular flexibility index (Phi) is 3.28. The van der Waals surface area contributed by atoms with Crippen LogP contribution in [0.25, 0.3) is 0 Å². The monoisotopic (exact) mass is 221 g/mol. The maximum atomic E-state index is 9.13. The minimum Gasteiger partial charge on any atom is -0.395 e. The molecule has 1 aromatic rings. The van der Waals surface area contributed by atoms with Gasteiger partial charge in [0.2, 0.25) is 0 Å². The normalized spacial score (nSPS) is 24.8. The van der Waals surface area contributed by atoms with Crippen LogP contribution in [-0.2, 0) is 4.74 Å². The first-order chi connectivity index (χ1) is 7.65. The molecule has 2 rings (SSSR count). The van der Waals surface area contributed by atoms with Crippen LogP contribution in [0.1, 0.15) is 25.6 Å². The molecule has 1 saturated heterocycles. The summed E-state index contributed by atoms with van der Waals surface area (Å²) < 4.78 is 5.83. The lowest BCUT2D eigenvalue weighted by Gasteiger charge is -2.32. The van der Waals surface area contributed by atoms with E-state index in [-0.39, 0.29) is 18.4 Å². The third kappa shape index (κ3) is 2.12. The van der Waals surface area contributed by atoms with Crippen molar-refractivity contribution in [1.29, 1.82) is 0 Å². The van der Waals surface area contributed by atoms with Crippen LogP contribution in [0.4, 0.5) is 0 Å². The third-order valence-electron chi connectivity index (χ3n) is 3.08. The fourth-order valence-corrected chi connectivity index (χ4v) is 2.19. The molecule has 1 aliphatic heterocycles. The summed E-state index contributed by atoms with van der Waals surface area (Å²) in [6.45, 7) is 5.80. The molecule has 0 saturated carbocycles. The molecule has 0 bridgehead atoms. The fraction of sp³-hybridized carbons (Fsp3) is 0.538. The Bertz CT molecular complexity index is 337. The van der Waals surface area contributed by atoms with Crippen molar-refractivity contribution in [2.24, 2.45) is 0 Å². The largest absolute Gasteiger partial charge is 0.395 e. The average molecular weight is 221 g/mol. The topological polar surface area (TPSA) is 32.7 Å². The predicted octanol–water partition coefficient (Wildman–Crippen LogP) is 1.79. The smallest absolute Gasteiger partial charge is 0.137 e. The van der Waals surface area contributed by atoms with Crippen molar-refractivity contribution in [2.45, 2.75) is 25.6 Å². The Morgan fingerprint density at radius 2 is 2.06 bits per heavy atom. The van der Waals surface area contributed by atoms with Crippen molar-refractivity contribution >= 4 is 0 Å². The summed E-state index contributed by atoms with van der Waals surface area (Å²) in [5.74, 6) is 0. The summed E-state index contributed by atoms with van der Waals surface area (Å²) in [6, 6.07) is 10.2. The highest BCUT2D eigenvalue weighted by molar-refractivity contribution is 5.19. The molecular weight excluding hydrogens is 202 g/mol. The van der Waals surface area contributed by atoms with Crippen LogP contribution < -0.4 is 0 Å². The minimum absolute atomic E-state index is 0.0107. The molecule has 88 valence electrons. The van der Waals surface area contributed by atoms with E-state index in [1.807, 2.05) is 18.2 Å². The van der Waals surface area contributed by atoms with Crippen molar-refractivity contribution in [3.05, 3.63) is 35.9 Å². The lowest BCUT2D eigenvalue weighted by molar-refractivity contribution is 0.0141. The molecule has 0 aromatic heterocycles. The van der Waals surface area contributed by atoms with E-state index < -0.39 is 0 Å². The molecule has 1 N–H and O–H groups in total. The quantitative estimate of drug-likeness (QED) is 0.844. The second-order valence-corrected chi connectivity index (χ2v) is 4.80. The first-order valence-corrected chi connectivity index (χ1v) is 5.69. The van der Waals surface area contributed by atoms with E-state index in [4.69, 9.17) is 9.84 Å². The second kappa shape index (κ2) is 4.53. The molecule has 3 nitrogen and oxygen atoms in total. The summed E-state index contributed by atoms with van der Waals surface area (Å²) in [5, 5.41) is 9.13. The van der Waals surface area contributed by atoms with E-state index >= 15 is 0 Å². The maximum absolute atomic E-state index is 9.13.